The molecule has 0 radical (unpaired) electrons. The molecule has 2 aromatic rings. The lowest BCUT2D eigenvalue weighted by atomic mass is 10.3. The number of H-pyrrole nitrogens is 1. The number of nitrogens with zero attached hydrogens (tertiary/aromatic N) is 3. The molecule has 0 atom stereocenters. The molecule has 78 valence electrons. The number of nitrogens with one attached hydrogen (secondary N) is 1. The van der Waals surface area contributed by atoms with E-state index in [1.54, 1.807) is 26.5 Å². The van der Waals surface area contributed by atoms with E-state index in [0.29, 0.717) is 21.3 Å². The minimum Gasteiger partial charge on any atom is -0.345 e. The average molecular weight is 269 g/mol. The predicted molar refractivity (Wildman–Crippen MR) is 59.6 cm³/mol. The van der Waals surface area contributed by atoms with Gasteiger partial charge in [0.1, 0.15) is 10.1 Å². The van der Waals surface area contributed by atoms with Crippen LogP contribution < -0.4 is 0 Å². The van der Waals surface area contributed by atoms with E-state index in [0.717, 1.165) is 0 Å². The summed E-state index contributed by atoms with van der Waals surface area (Å²) in [5.41, 5.74) is 1.73. The van der Waals surface area contributed by atoms with Gasteiger partial charge in [-0.1, -0.05) is 0 Å². The normalized spacial score (nSPS) is 10.6. The molecule has 6 heteroatoms. The van der Waals surface area contributed by atoms with Crippen molar-refractivity contribution in [2.75, 3.05) is 14.1 Å². The molecule has 0 aromatic carbocycles. The Morgan fingerprint density at radius 1 is 1.53 bits per heavy atom. The van der Waals surface area contributed by atoms with Crippen molar-refractivity contribution in [3.63, 3.8) is 0 Å². The first kappa shape index (κ1) is 10.1. The monoisotopic (exact) mass is 268 g/mol. The van der Waals surface area contributed by atoms with Gasteiger partial charge in [0.25, 0.3) is 5.91 Å². The second-order valence-corrected chi connectivity index (χ2v) is 4.10. The molecule has 2 aromatic heterocycles. The maximum Gasteiger partial charge on any atom is 0.257 e. The number of carbonyl (C=O) groups is 1. The van der Waals surface area contributed by atoms with Crippen LogP contribution in [0.5, 0.6) is 0 Å². The Kier molecular flexibility index (Phi) is 2.44. The molecule has 0 aliphatic rings. The van der Waals surface area contributed by atoms with Crippen LogP contribution in [0.4, 0.5) is 0 Å². The average Bonchev–Trinajstić information content (AvgIpc) is 2.59. The number of hydrogen-bond acceptors (Lipinski definition) is 3. The van der Waals surface area contributed by atoms with Crippen molar-refractivity contribution in [3.8, 4) is 0 Å². The van der Waals surface area contributed by atoms with Crippen LogP contribution in [0, 0.1) is 0 Å². The number of fused-ring (bicyclic) bond motifs is 1. The van der Waals surface area contributed by atoms with Crippen LogP contribution in [0.25, 0.3) is 11.2 Å². The minimum atomic E-state index is -0.0892. The van der Waals surface area contributed by atoms with Gasteiger partial charge >= 0.3 is 0 Å². The molecule has 2 rings (SSSR count). The maximum absolute atomic E-state index is 11.8. The molecule has 15 heavy (non-hydrogen) atoms. The molecule has 5 nitrogen and oxygen atoms in total. The van der Waals surface area contributed by atoms with E-state index in [4.69, 9.17) is 0 Å². The summed E-state index contributed by atoms with van der Waals surface area (Å²) in [4.78, 5) is 24.5. The smallest absolute Gasteiger partial charge is 0.257 e. The van der Waals surface area contributed by atoms with Crippen molar-refractivity contribution >= 4 is 33.0 Å². The van der Waals surface area contributed by atoms with Crippen molar-refractivity contribution in [1.82, 2.24) is 19.9 Å². The quantitative estimate of drug-likeness (QED) is 0.851. The van der Waals surface area contributed by atoms with Crippen LogP contribution in [0.1, 0.15) is 10.4 Å². The van der Waals surface area contributed by atoms with E-state index in [2.05, 4.69) is 30.9 Å². The summed E-state index contributed by atoms with van der Waals surface area (Å²) in [6.45, 7) is 0. The van der Waals surface area contributed by atoms with Crippen LogP contribution in [0.15, 0.2) is 17.0 Å². The van der Waals surface area contributed by atoms with Gasteiger partial charge in [0.05, 0.1) is 11.8 Å². The predicted octanol–water partition coefficient (Wildman–Crippen LogP) is 1.42. The molecule has 0 saturated carbocycles. The van der Waals surface area contributed by atoms with Crippen LogP contribution in [0.3, 0.4) is 0 Å². The largest absolute Gasteiger partial charge is 0.345 e. The molecule has 0 spiro atoms. The summed E-state index contributed by atoms with van der Waals surface area (Å²) in [6.07, 6.45) is 3.21. The standard InChI is InChI=1S/C9H9BrN4O/c1-14(2)9(15)5-3-11-8-7(5)13-6(10)4-12-8/h3-4H,1-2H3,(H,11,12). The van der Waals surface area contributed by atoms with E-state index in [9.17, 15) is 4.79 Å². The van der Waals surface area contributed by atoms with Crippen molar-refractivity contribution in [1.29, 1.82) is 0 Å². The fourth-order valence-corrected chi connectivity index (χ4v) is 1.55. The number of rotatable bonds is 1. The molecule has 1 N–H and O–H groups in total. The van der Waals surface area contributed by atoms with Crippen molar-refractivity contribution in [2.24, 2.45) is 0 Å². The summed E-state index contributed by atoms with van der Waals surface area (Å²) in [5.74, 6) is -0.0892. The molecule has 0 unspecified atom stereocenters. The van der Waals surface area contributed by atoms with Gasteiger partial charge in [-0.3, -0.25) is 4.79 Å². The van der Waals surface area contributed by atoms with E-state index in [1.807, 2.05) is 0 Å². The van der Waals surface area contributed by atoms with Gasteiger partial charge in [-0.25, -0.2) is 9.97 Å². The first-order valence-electron chi connectivity index (χ1n) is 4.31. The Balaban J connectivity index is 2.62. The molecule has 2 heterocycles. The second-order valence-electron chi connectivity index (χ2n) is 3.29. The van der Waals surface area contributed by atoms with E-state index in [-0.39, 0.29) is 5.91 Å². The van der Waals surface area contributed by atoms with E-state index in [1.165, 1.54) is 4.90 Å². The highest BCUT2D eigenvalue weighted by atomic mass is 79.9. The lowest BCUT2D eigenvalue weighted by molar-refractivity contribution is 0.0829. The van der Waals surface area contributed by atoms with Gasteiger partial charge in [0.15, 0.2) is 5.65 Å². The molecule has 0 saturated heterocycles. The SMILES string of the molecule is CN(C)C(=O)c1c[nH]c2ncc(Br)nc12. The Bertz CT molecular complexity index is 520. The molecule has 0 aliphatic carbocycles. The fourth-order valence-electron chi connectivity index (χ4n) is 1.27. The fraction of sp³-hybridized carbons (Fsp3) is 0.222. The molecule has 1 amide bonds. The highest BCUT2D eigenvalue weighted by molar-refractivity contribution is 9.10. The summed E-state index contributed by atoms with van der Waals surface area (Å²) < 4.78 is 0.613. The number of hydrogen-bond donors (Lipinski definition) is 1. The van der Waals surface area contributed by atoms with Gasteiger partial charge in [-0.15, -0.1) is 0 Å². The first-order chi connectivity index (χ1) is 7.09. The maximum atomic E-state index is 11.8. The topological polar surface area (TPSA) is 61.9 Å². The molecule has 0 aliphatic heterocycles. The summed E-state index contributed by atoms with van der Waals surface area (Å²) in [6, 6.07) is 0. The zero-order chi connectivity index (χ0) is 11.0. The molecular weight excluding hydrogens is 260 g/mol. The number of aromatic nitrogens is 3. The lowest BCUT2D eigenvalue weighted by Crippen LogP contribution is -2.21. The summed E-state index contributed by atoms with van der Waals surface area (Å²) in [5, 5.41) is 0. The Hall–Kier alpha value is -1.43. The molecular formula is C9H9BrN4O. The zero-order valence-corrected chi connectivity index (χ0v) is 9.87. The highest BCUT2D eigenvalue weighted by Crippen LogP contribution is 2.17. The highest BCUT2D eigenvalue weighted by Gasteiger charge is 2.15. The minimum absolute atomic E-state index is 0.0892. The van der Waals surface area contributed by atoms with Gasteiger partial charge < -0.3 is 9.88 Å². The number of carbonyl (C=O) groups excluding carboxylic acids is 1. The number of aromatic amines is 1. The van der Waals surface area contributed by atoms with Gasteiger partial charge in [0.2, 0.25) is 0 Å². The zero-order valence-electron chi connectivity index (χ0n) is 8.28. The van der Waals surface area contributed by atoms with Gasteiger partial charge in [-0.2, -0.15) is 0 Å². The third-order valence-electron chi connectivity index (χ3n) is 1.99. The van der Waals surface area contributed by atoms with E-state index >= 15 is 0 Å². The molecule has 0 bridgehead atoms. The third-order valence-corrected chi connectivity index (χ3v) is 2.37. The number of amides is 1. The third kappa shape index (κ3) is 1.72. The summed E-state index contributed by atoms with van der Waals surface area (Å²) in [7, 11) is 3.40. The Morgan fingerprint density at radius 2 is 2.27 bits per heavy atom. The lowest BCUT2D eigenvalue weighted by Gasteiger charge is -2.08. The van der Waals surface area contributed by atoms with Crippen LogP contribution in [0.2, 0.25) is 0 Å². The Labute approximate surface area is 94.6 Å². The van der Waals surface area contributed by atoms with E-state index < -0.39 is 0 Å². The van der Waals surface area contributed by atoms with Crippen LogP contribution in [-0.2, 0) is 0 Å². The van der Waals surface area contributed by atoms with Crippen molar-refractivity contribution in [3.05, 3.63) is 22.6 Å². The van der Waals surface area contributed by atoms with Crippen LogP contribution >= 0.6 is 15.9 Å². The Morgan fingerprint density at radius 3 is 2.93 bits per heavy atom. The van der Waals surface area contributed by atoms with Crippen molar-refractivity contribution < 1.29 is 4.79 Å². The van der Waals surface area contributed by atoms with Crippen LogP contribution in [-0.4, -0.2) is 39.9 Å². The van der Waals surface area contributed by atoms with Gasteiger partial charge in [0, 0.05) is 20.3 Å². The van der Waals surface area contributed by atoms with Crippen molar-refractivity contribution in [2.45, 2.75) is 0 Å². The van der Waals surface area contributed by atoms with Gasteiger partial charge in [-0.05, 0) is 15.9 Å². The number of halogens is 1. The summed E-state index contributed by atoms with van der Waals surface area (Å²) >= 11 is 3.23. The molecule has 0 fully saturated rings. The second kappa shape index (κ2) is 3.62. The first-order valence-corrected chi connectivity index (χ1v) is 5.10.